The van der Waals surface area contributed by atoms with Gasteiger partial charge in [-0.15, -0.1) is 0 Å². The first-order valence-electron chi connectivity index (χ1n) is 7.02. The lowest BCUT2D eigenvalue weighted by Gasteiger charge is -2.31. The van der Waals surface area contributed by atoms with Crippen molar-refractivity contribution in [3.8, 4) is 5.75 Å². The average molecular weight is 261 g/mol. The molecule has 1 aromatic rings. The van der Waals surface area contributed by atoms with Crippen molar-refractivity contribution >= 4 is 11.5 Å². The molecule has 0 aliphatic heterocycles. The Morgan fingerprint density at radius 2 is 1.84 bits per heavy atom. The molecule has 0 heterocycles. The molecule has 1 fully saturated rings. The SMILES string of the molecule is CC(=O)c1ccc(OC2CC(C)CC(C)C2)cc1N. The quantitative estimate of drug-likeness (QED) is 0.667. The van der Waals surface area contributed by atoms with E-state index in [1.807, 2.05) is 6.07 Å². The van der Waals surface area contributed by atoms with Crippen LogP contribution in [0.15, 0.2) is 18.2 Å². The van der Waals surface area contributed by atoms with Crippen molar-refractivity contribution in [1.29, 1.82) is 0 Å². The van der Waals surface area contributed by atoms with Crippen molar-refractivity contribution in [3.63, 3.8) is 0 Å². The first kappa shape index (κ1) is 13.9. The maximum absolute atomic E-state index is 11.3. The highest BCUT2D eigenvalue weighted by atomic mass is 16.5. The van der Waals surface area contributed by atoms with Crippen LogP contribution in [-0.2, 0) is 0 Å². The maximum atomic E-state index is 11.3. The second-order valence-corrected chi connectivity index (χ2v) is 5.96. The number of anilines is 1. The standard InChI is InChI=1S/C16H23NO2/c1-10-6-11(2)8-14(7-10)19-13-4-5-15(12(3)18)16(17)9-13/h4-5,9-11,14H,6-8,17H2,1-3H3. The molecule has 1 aliphatic carbocycles. The van der Waals surface area contributed by atoms with Gasteiger partial charge in [0, 0.05) is 17.3 Å². The van der Waals surface area contributed by atoms with E-state index in [-0.39, 0.29) is 11.9 Å². The largest absolute Gasteiger partial charge is 0.490 e. The minimum atomic E-state index is -0.0102. The molecule has 1 aliphatic rings. The van der Waals surface area contributed by atoms with Crippen molar-refractivity contribution in [2.45, 2.75) is 46.1 Å². The van der Waals surface area contributed by atoms with Gasteiger partial charge >= 0.3 is 0 Å². The number of benzene rings is 1. The zero-order valence-electron chi connectivity index (χ0n) is 12.0. The van der Waals surface area contributed by atoms with Crippen LogP contribution in [0, 0.1) is 11.8 Å². The summed E-state index contributed by atoms with van der Waals surface area (Å²) in [6.07, 6.45) is 3.74. The Morgan fingerprint density at radius 1 is 1.21 bits per heavy atom. The molecule has 2 unspecified atom stereocenters. The zero-order valence-corrected chi connectivity index (χ0v) is 12.0. The van der Waals surface area contributed by atoms with Gasteiger partial charge in [-0.3, -0.25) is 4.79 Å². The molecule has 104 valence electrons. The maximum Gasteiger partial charge on any atom is 0.161 e. The Balaban J connectivity index is 2.07. The van der Waals surface area contributed by atoms with E-state index in [1.165, 1.54) is 13.3 Å². The van der Waals surface area contributed by atoms with Crippen molar-refractivity contribution in [1.82, 2.24) is 0 Å². The van der Waals surface area contributed by atoms with Gasteiger partial charge in [0.2, 0.25) is 0 Å². The summed E-state index contributed by atoms with van der Waals surface area (Å²) in [6.45, 7) is 6.08. The summed E-state index contributed by atoms with van der Waals surface area (Å²) in [4.78, 5) is 11.3. The number of ketones is 1. The molecule has 0 radical (unpaired) electrons. The molecule has 1 saturated carbocycles. The predicted octanol–water partition coefficient (Wildman–Crippen LogP) is 3.67. The van der Waals surface area contributed by atoms with Gasteiger partial charge in [-0.25, -0.2) is 0 Å². The number of carbonyl (C=O) groups excluding carboxylic acids is 1. The second-order valence-electron chi connectivity index (χ2n) is 5.96. The lowest BCUT2D eigenvalue weighted by Crippen LogP contribution is -2.28. The van der Waals surface area contributed by atoms with Gasteiger partial charge in [-0.2, -0.15) is 0 Å². The fourth-order valence-electron chi connectivity index (χ4n) is 3.10. The predicted molar refractivity (Wildman–Crippen MR) is 77.5 cm³/mol. The van der Waals surface area contributed by atoms with E-state index in [1.54, 1.807) is 12.1 Å². The van der Waals surface area contributed by atoms with E-state index in [9.17, 15) is 4.79 Å². The highest BCUT2D eigenvalue weighted by Crippen LogP contribution is 2.32. The topological polar surface area (TPSA) is 52.3 Å². The fourth-order valence-corrected chi connectivity index (χ4v) is 3.10. The fraction of sp³-hybridized carbons (Fsp3) is 0.562. The molecule has 0 bridgehead atoms. The van der Waals surface area contributed by atoms with Crippen LogP contribution in [0.4, 0.5) is 5.69 Å². The minimum Gasteiger partial charge on any atom is -0.490 e. The molecule has 2 atom stereocenters. The van der Waals surface area contributed by atoms with Crippen LogP contribution in [-0.4, -0.2) is 11.9 Å². The zero-order chi connectivity index (χ0) is 14.0. The molecule has 3 heteroatoms. The number of rotatable bonds is 3. The molecule has 0 saturated heterocycles. The van der Waals surface area contributed by atoms with E-state index >= 15 is 0 Å². The van der Waals surface area contributed by atoms with Gasteiger partial charge in [0.1, 0.15) is 5.75 Å². The van der Waals surface area contributed by atoms with Crippen LogP contribution >= 0.6 is 0 Å². The molecule has 0 aromatic heterocycles. The third-order valence-electron chi connectivity index (χ3n) is 3.84. The number of carbonyl (C=O) groups is 1. The van der Waals surface area contributed by atoms with Crippen LogP contribution < -0.4 is 10.5 Å². The Labute approximate surface area is 115 Å². The van der Waals surface area contributed by atoms with Crippen LogP contribution in [0.3, 0.4) is 0 Å². The molecule has 19 heavy (non-hydrogen) atoms. The normalized spacial score (nSPS) is 27.0. The number of nitrogen functional groups attached to an aromatic ring is 1. The molecule has 0 amide bonds. The molecule has 3 nitrogen and oxygen atoms in total. The van der Waals surface area contributed by atoms with Crippen molar-refractivity contribution in [3.05, 3.63) is 23.8 Å². The summed E-state index contributed by atoms with van der Waals surface area (Å²) in [5.74, 6) is 2.18. The van der Waals surface area contributed by atoms with Gasteiger partial charge in [0.05, 0.1) is 6.10 Å². The Kier molecular flexibility index (Phi) is 4.13. The summed E-state index contributed by atoms with van der Waals surface area (Å²) < 4.78 is 6.02. The smallest absolute Gasteiger partial charge is 0.161 e. The van der Waals surface area contributed by atoms with Gasteiger partial charge in [0.15, 0.2) is 5.78 Å². The van der Waals surface area contributed by atoms with Gasteiger partial charge in [-0.05, 0) is 50.2 Å². The number of hydrogen-bond donors (Lipinski definition) is 1. The minimum absolute atomic E-state index is 0.0102. The highest BCUT2D eigenvalue weighted by molar-refractivity contribution is 5.99. The van der Waals surface area contributed by atoms with Crippen LogP contribution in [0.1, 0.15) is 50.4 Å². The van der Waals surface area contributed by atoms with E-state index in [4.69, 9.17) is 10.5 Å². The first-order valence-corrected chi connectivity index (χ1v) is 7.02. The number of hydrogen-bond acceptors (Lipinski definition) is 3. The summed E-state index contributed by atoms with van der Waals surface area (Å²) in [6, 6.07) is 5.36. The van der Waals surface area contributed by atoms with Crippen molar-refractivity contribution in [2.24, 2.45) is 11.8 Å². The molecule has 2 rings (SSSR count). The lowest BCUT2D eigenvalue weighted by atomic mass is 9.82. The van der Waals surface area contributed by atoms with E-state index in [0.717, 1.165) is 18.6 Å². The summed E-state index contributed by atoms with van der Waals surface area (Å²) in [5, 5.41) is 0. The van der Waals surface area contributed by atoms with Crippen LogP contribution in [0.5, 0.6) is 5.75 Å². The highest BCUT2D eigenvalue weighted by Gasteiger charge is 2.25. The summed E-state index contributed by atoms with van der Waals surface area (Å²) >= 11 is 0. The summed E-state index contributed by atoms with van der Waals surface area (Å²) in [5.41, 5.74) is 6.95. The van der Waals surface area contributed by atoms with E-state index < -0.39 is 0 Å². The number of Topliss-reactive ketones (excluding diaryl/α,β-unsaturated/α-hetero) is 1. The third-order valence-corrected chi connectivity index (χ3v) is 3.84. The van der Waals surface area contributed by atoms with Crippen molar-refractivity contribution in [2.75, 3.05) is 5.73 Å². The average Bonchev–Trinajstić information content (AvgIpc) is 2.26. The first-order chi connectivity index (χ1) is 8.95. The number of ether oxygens (including phenoxy) is 1. The van der Waals surface area contributed by atoms with Crippen molar-refractivity contribution < 1.29 is 9.53 Å². The monoisotopic (exact) mass is 261 g/mol. The molecule has 0 spiro atoms. The molecular formula is C16H23NO2. The molecule has 1 aromatic carbocycles. The van der Waals surface area contributed by atoms with E-state index in [2.05, 4.69) is 13.8 Å². The van der Waals surface area contributed by atoms with Gasteiger partial charge in [-0.1, -0.05) is 13.8 Å². The number of nitrogens with two attached hydrogens (primary N) is 1. The molecular weight excluding hydrogens is 238 g/mol. The Hall–Kier alpha value is -1.51. The lowest BCUT2D eigenvalue weighted by molar-refractivity contribution is 0.101. The second kappa shape index (κ2) is 5.64. The van der Waals surface area contributed by atoms with Gasteiger partial charge < -0.3 is 10.5 Å². The molecule has 2 N–H and O–H groups in total. The third kappa shape index (κ3) is 3.49. The Morgan fingerprint density at radius 3 is 2.37 bits per heavy atom. The Bertz CT molecular complexity index is 460. The summed E-state index contributed by atoms with van der Waals surface area (Å²) in [7, 11) is 0. The van der Waals surface area contributed by atoms with E-state index in [0.29, 0.717) is 23.1 Å². The van der Waals surface area contributed by atoms with Crippen LogP contribution in [0.2, 0.25) is 0 Å². The van der Waals surface area contributed by atoms with Crippen LogP contribution in [0.25, 0.3) is 0 Å². The van der Waals surface area contributed by atoms with Gasteiger partial charge in [0.25, 0.3) is 0 Å².